The van der Waals surface area contributed by atoms with Gasteiger partial charge < -0.3 is 29.0 Å². The summed E-state index contributed by atoms with van der Waals surface area (Å²) in [4.78, 5) is 2.51. The third kappa shape index (κ3) is 7.71. The van der Waals surface area contributed by atoms with E-state index in [1.165, 1.54) is 4.31 Å². The lowest BCUT2D eigenvalue weighted by Gasteiger charge is -2.45. The molecule has 2 heterocycles. The maximum atomic E-state index is 13.8. The fourth-order valence-electron chi connectivity index (χ4n) is 6.27. The molecule has 2 aliphatic heterocycles. The molecule has 5 rings (SSSR count). The van der Waals surface area contributed by atoms with E-state index in [9.17, 15) is 13.5 Å². The van der Waals surface area contributed by atoms with Crippen LogP contribution in [0.4, 0.5) is 5.69 Å². The first kappa shape index (κ1) is 34.6. The molecule has 2 aliphatic rings. The lowest BCUT2D eigenvalue weighted by molar-refractivity contribution is -0.147. The maximum Gasteiger partial charge on any atom is 0.243 e. The average molecular weight is 673 g/mol. The minimum Gasteiger partial charge on any atom is -0.490 e. The van der Waals surface area contributed by atoms with Crippen LogP contribution in [0.3, 0.4) is 0 Å². The number of piperidine rings is 1. The molecule has 1 fully saturated rings. The Labute approximate surface area is 278 Å². The van der Waals surface area contributed by atoms with Gasteiger partial charge in [0.25, 0.3) is 0 Å². The third-order valence-electron chi connectivity index (χ3n) is 8.88. The van der Waals surface area contributed by atoms with Crippen LogP contribution in [0, 0.1) is 6.92 Å². The van der Waals surface area contributed by atoms with E-state index in [2.05, 4.69) is 11.0 Å². The molecule has 0 amide bonds. The molecule has 250 valence electrons. The van der Waals surface area contributed by atoms with Crippen LogP contribution >= 0.6 is 11.6 Å². The van der Waals surface area contributed by atoms with Crippen molar-refractivity contribution in [2.45, 2.75) is 55.3 Å². The molecular formula is C35H45ClN2O7S. The highest BCUT2D eigenvalue weighted by Crippen LogP contribution is 2.40. The standard InChI is InChI=1S/C35H45ClN2O7S/c1-26-5-9-30(10-6-26)46(40,41)38-16-14-35(39,31-11-7-27(23-36)21-29(31)13-19-43-3)34(24-38)45-25-28-8-12-33-32(22-28)37(17-20-44-33)15-4-18-42-2/h5-12,21-22,34,39H,4,13-20,23-25H2,1-3H3/t34-,35-/m0/s1. The van der Waals surface area contributed by atoms with Gasteiger partial charge in [0.15, 0.2) is 0 Å². The van der Waals surface area contributed by atoms with E-state index in [1.54, 1.807) is 38.5 Å². The summed E-state index contributed by atoms with van der Waals surface area (Å²) in [7, 11) is -0.476. The monoisotopic (exact) mass is 672 g/mol. The van der Waals surface area contributed by atoms with E-state index in [-0.39, 0.29) is 31.0 Å². The molecule has 0 radical (unpaired) electrons. The fraction of sp³-hybridized carbons (Fsp3) is 0.486. The van der Waals surface area contributed by atoms with Gasteiger partial charge in [0.05, 0.1) is 30.3 Å². The minimum absolute atomic E-state index is 0.00905. The number of aliphatic hydroxyl groups is 1. The van der Waals surface area contributed by atoms with Gasteiger partial charge >= 0.3 is 0 Å². The summed E-state index contributed by atoms with van der Waals surface area (Å²) in [6, 6.07) is 18.6. The van der Waals surface area contributed by atoms with Crippen molar-refractivity contribution in [1.29, 1.82) is 0 Å². The van der Waals surface area contributed by atoms with E-state index in [0.29, 0.717) is 37.7 Å². The van der Waals surface area contributed by atoms with Gasteiger partial charge in [-0.1, -0.05) is 42.0 Å². The summed E-state index contributed by atoms with van der Waals surface area (Å²) in [5, 5.41) is 12.5. The quantitative estimate of drug-likeness (QED) is 0.188. The van der Waals surface area contributed by atoms with Crippen molar-refractivity contribution in [3.8, 4) is 5.75 Å². The Balaban J connectivity index is 1.46. The first-order valence-electron chi connectivity index (χ1n) is 15.8. The zero-order valence-corrected chi connectivity index (χ0v) is 28.5. The third-order valence-corrected chi connectivity index (χ3v) is 11.1. The van der Waals surface area contributed by atoms with Gasteiger partial charge in [-0.2, -0.15) is 4.31 Å². The SMILES string of the molecule is COCCCN1CCOc2ccc(CO[C@H]3CN(S(=O)(=O)c4ccc(C)cc4)CC[C@]3(O)c3ccc(CCl)cc3CCOC)cc21. The number of benzene rings is 3. The number of hydrogen-bond donors (Lipinski definition) is 1. The van der Waals surface area contributed by atoms with E-state index in [1.807, 2.05) is 37.3 Å². The molecule has 46 heavy (non-hydrogen) atoms. The summed E-state index contributed by atoms with van der Waals surface area (Å²) >= 11 is 6.17. The topological polar surface area (TPSA) is 97.8 Å². The number of sulfonamides is 1. The number of hydrogen-bond acceptors (Lipinski definition) is 8. The molecule has 0 saturated carbocycles. The van der Waals surface area contributed by atoms with Gasteiger partial charge in [0, 0.05) is 46.3 Å². The van der Waals surface area contributed by atoms with Crippen LogP contribution in [0.25, 0.3) is 0 Å². The number of anilines is 1. The van der Waals surface area contributed by atoms with Crippen molar-refractivity contribution >= 4 is 27.3 Å². The van der Waals surface area contributed by atoms with Crippen LogP contribution in [0.5, 0.6) is 5.75 Å². The fourth-order valence-corrected chi connectivity index (χ4v) is 7.88. The van der Waals surface area contributed by atoms with Crippen molar-refractivity contribution in [2.24, 2.45) is 0 Å². The summed E-state index contributed by atoms with van der Waals surface area (Å²) in [5.74, 6) is 1.16. The molecule has 0 unspecified atom stereocenters. The normalized spacial score (nSPS) is 20.4. The predicted molar refractivity (Wildman–Crippen MR) is 179 cm³/mol. The number of fused-ring (bicyclic) bond motifs is 1. The Morgan fingerprint density at radius 1 is 1.00 bits per heavy atom. The molecule has 11 heteroatoms. The maximum absolute atomic E-state index is 13.8. The lowest BCUT2D eigenvalue weighted by Crippen LogP contribution is -2.56. The molecular weight excluding hydrogens is 628 g/mol. The van der Waals surface area contributed by atoms with Crippen LogP contribution in [-0.4, -0.2) is 84.2 Å². The number of alkyl halides is 1. The Morgan fingerprint density at radius 2 is 1.76 bits per heavy atom. The van der Waals surface area contributed by atoms with Gasteiger partial charge in [-0.25, -0.2) is 8.42 Å². The molecule has 1 N–H and O–H groups in total. The number of methoxy groups -OCH3 is 2. The van der Waals surface area contributed by atoms with Crippen LogP contribution < -0.4 is 9.64 Å². The van der Waals surface area contributed by atoms with Gasteiger partial charge in [-0.3, -0.25) is 0 Å². The van der Waals surface area contributed by atoms with Crippen molar-refractivity contribution in [3.05, 3.63) is 88.5 Å². The van der Waals surface area contributed by atoms with E-state index in [4.69, 9.17) is 30.5 Å². The highest BCUT2D eigenvalue weighted by atomic mass is 35.5. The van der Waals surface area contributed by atoms with E-state index in [0.717, 1.165) is 53.2 Å². The molecule has 0 aliphatic carbocycles. The second kappa shape index (κ2) is 15.5. The highest BCUT2D eigenvalue weighted by molar-refractivity contribution is 7.89. The van der Waals surface area contributed by atoms with Gasteiger partial charge in [-0.15, -0.1) is 11.6 Å². The predicted octanol–water partition coefficient (Wildman–Crippen LogP) is 5.03. The zero-order chi connectivity index (χ0) is 32.7. The molecule has 9 nitrogen and oxygen atoms in total. The largest absolute Gasteiger partial charge is 0.490 e. The lowest BCUT2D eigenvalue weighted by atomic mass is 9.79. The number of halogens is 1. The van der Waals surface area contributed by atoms with Crippen LogP contribution in [0.15, 0.2) is 65.6 Å². The zero-order valence-electron chi connectivity index (χ0n) is 26.9. The van der Waals surface area contributed by atoms with Crippen LogP contribution in [0.2, 0.25) is 0 Å². The van der Waals surface area contributed by atoms with Crippen molar-refractivity contribution < 1.29 is 32.5 Å². The van der Waals surface area contributed by atoms with Crippen LogP contribution in [-0.2, 0) is 48.7 Å². The molecule has 0 spiro atoms. The molecule has 3 aromatic carbocycles. The minimum atomic E-state index is -3.82. The summed E-state index contributed by atoms with van der Waals surface area (Å²) < 4.78 is 52.1. The highest BCUT2D eigenvalue weighted by Gasteiger charge is 2.47. The first-order valence-corrected chi connectivity index (χ1v) is 17.7. The second-order valence-corrected chi connectivity index (χ2v) is 14.2. The van der Waals surface area contributed by atoms with E-state index >= 15 is 0 Å². The van der Waals surface area contributed by atoms with Crippen molar-refractivity contribution in [2.75, 3.05) is 65.1 Å². The van der Waals surface area contributed by atoms with Gasteiger partial charge in [-0.05, 0) is 72.7 Å². The number of ether oxygens (including phenoxy) is 4. The molecule has 3 aromatic rings. The molecule has 0 bridgehead atoms. The summed E-state index contributed by atoms with van der Waals surface area (Å²) in [6.07, 6.45) is 0.773. The van der Waals surface area contributed by atoms with Gasteiger partial charge in [0.2, 0.25) is 10.0 Å². The first-order chi connectivity index (χ1) is 22.2. The number of aryl methyl sites for hydroxylation is 1. The summed E-state index contributed by atoms with van der Waals surface area (Å²) in [5.41, 5.74) is 3.97. The van der Waals surface area contributed by atoms with Gasteiger partial charge in [0.1, 0.15) is 24.1 Å². The number of rotatable bonds is 14. The summed E-state index contributed by atoms with van der Waals surface area (Å²) in [6.45, 7) is 5.60. The Morgan fingerprint density at radius 3 is 2.50 bits per heavy atom. The van der Waals surface area contributed by atoms with Crippen molar-refractivity contribution in [3.63, 3.8) is 0 Å². The number of nitrogens with zero attached hydrogens (tertiary/aromatic N) is 2. The average Bonchev–Trinajstić information content (AvgIpc) is 3.07. The van der Waals surface area contributed by atoms with Crippen molar-refractivity contribution in [1.82, 2.24) is 4.31 Å². The molecule has 2 atom stereocenters. The van der Waals surface area contributed by atoms with Crippen LogP contribution in [0.1, 0.15) is 40.7 Å². The second-order valence-electron chi connectivity index (χ2n) is 12.0. The smallest absolute Gasteiger partial charge is 0.243 e. The Bertz CT molecular complexity index is 1570. The van der Waals surface area contributed by atoms with E-state index < -0.39 is 21.7 Å². The Kier molecular flexibility index (Phi) is 11.6. The Hall–Kier alpha value is -2.70. The molecule has 1 saturated heterocycles. The molecule has 0 aromatic heterocycles.